The average Bonchev–Trinajstić information content (AvgIpc) is 3.17. The van der Waals surface area contributed by atoms with Crippen LogP contribution in [-0.4, -0.2) is 73.7 Å². The Morgan fingerprint density at radius 2 is 1.94 bits per heavy atom. The number of aliphatic hydroxyl groups excluding tert-OH is 1. The number of hydrogen-bond acceptors (Lipinski definition) is 13. The fourth-order valence-corrected chi connectivity index (χ4v) is 6.22. The summed E-state index contributed by atoms with van der Waals surface area (Å²) in [6.45, 7) is -1.07. The van der Waals surface area contributed by atoms with Gasteiger partial charge >= 0.3 is 23.5 Å². The lowest BCUT2D eigenvalue weighted by Gasteiger charge is -2.26. The standard InChI is InChI=1S/C12H16N5O13P3S/c1-2-12(19)7(18)5(3-27-32(23,24)30-33(25,26)29-31(20,21)22)28-10(12)17-4-14-6-8(17)15-11(13)16-9(6)34/h1,4-5,7,10,18-19H,3H2,(H,23,24)(H,25,26)(H2,20,21,22)(H3,13,15,16,34)/t5-,7+,10-,12?/m1/s1. The molecule has 0 aromatic carbocycles. The van der Waals surface area contributed by atoms with E-state index in [4.69, 9.17) is 38.9 Å². The van der Waals surface area contributed by atoms with Gasteiger partial charge in [0.2, 0.25) is 0 Å². The van der Waals surface area contributed by atoms with Crippen LogP contribution in [0.15, 0.2) is 6.33 Å². The van der Waals surface area contributed by atoms with E-state index in [9.17, 15) is 33.7 Å². The van der Waals surface area contributed by atoms with Gasteiger partial charge in [0.05, 0.1) is 12.9 Å². The molecule has 18 nitrogen and oxygen atoms in total. The molecule has 1 aliphatic heterocycles. The topological polar surface area (TPSA) is 282 Å². The second kappa shape index (κ2) is 9.13. The fraction of sp³-hybridized carbons (Fsp3) is 0.417. The minimum absolute atomic E-state index is 0.00278. The van der Waals surface area contributed by atoms with Crippen molar-refractivity contribution in [3.8, 4) is 12.3 Å². The van der Waals surface area contributed by atoms with Gasteiger partial charge in [-0.1, -0.05) is 18.1 Å². The minimum atomic E-state index is -5.76. The molecule has 0 amide bonds. The number of phosphoric acid groups is 3. The maximum absolute atomic E-state index is 11.9. The third kappa shape index (κ3) is 5.62. The smallest absolute Gasteiger partial charge is 0.386 e. The first-order valence-corrected chi connectivity index (χ1v) is 13.5. The molecule has 0 bridgehead atoms. The van der Waals surface area contributed by atoms with Crippen molar-refractivity contribution < 1.29 is 61.4 Å². The number of aliphatic hydroxyl groups is 2. The Labute approximate surface area is 193 Å². The zero-order valence-electron chi connectivity index (χ0n) is 16.3. The number of aromatic amines is 1. The molecule has 0 spiro atoms. The Hall–Kier alpha value is -1.58. The second-order valence-electron chi connectivity index (χ2n) is 6.60. The van der Waals surface area contributed by atoms with Gasteiger partial charge in [-0.25, -0.2) is 23.7 Å². The van der Waals surface area contributed by atoms with Gasteiger partial charge in [-0.15, -0.1) is 6.42 Å². The molecular formula is C12H16N5O13P3S. The molecule has 2 aromatic heterocycles. The van der Waals surface area contributed by atoms with Crippen LogP contribution >= 0.6 is 35.7 Å². The number of aromatic nitrogens is 4. The van der Waals surface area contributed by atoms with E-state index in [2.05, 4.69) is 28.1 Å². The van der Waals surface area contributed by atoms with Gasteiger partial charge in [0, 0.05) is 0 Å². The normalized spacial score (nSPS) is 28.9. The summed E-state index contributed by atoms with van der Waals surface area (Å²) >= 11 is 5.04. The van der Waals surface area contributed by atoms with E-state index in [1.54, 1.807) is 0 Å². The summed E-state index contributed by atoms with van der Waals surface area (Å²) in [5, 5.41) is 21.4. The maximum Gasteiger partial charge on any atom is 0.490 e. The summed E-state index contributed by atoms with van der Waals surface area (Å²) in [5.74, 6) is 1.83. The number of hydrogen-bond donors (Lipinski definition) is 8. The monoisotopic (exact) mass is 563 g/mol. The first-order chi connectivity index (χ1) is 15.5. The van der Waals surface area contributed by atoms with Crippen molar-refractivity contribution in [2.45, 2.75) is 24.0 Å². The van der Waals surface area contributed by atoms with Crippen LogP contribution in [0.3, 0.4) is 0 Å². The van der Waals surface area contributed by atoms with Crippen molar-refractivity contribution in [2.75, 3.05) is 12.3 Å². The Morgan fingerprint density at radius 3 is 2.53 bits per heavy atom. The number of anilines is 1. The molecule has 1 fully saturated rings. The predicted molar refractivity (Wildman–Crippen MR) is 111 cm³/mol. The Morgan fingerprint density at radius 1 is 1.29 bits per heavy atom. The minimum Gasteiger partial charge on any atom is -0.386 e. The van der Waals surface area contributed by atoms with Crippen LogP contribution in [0.4, 0.5) is 5.95 Å². The SMILES string of the molecule is C#CC1(O)[C@@H](O)[C@@H](COP(=O)(O)OP(=O)(O)OP(=O)(O)O)O[C@H]1n1cnc2c(=S)nc(N)[nH]c21. The summed E-state index contributed by atoms with van der Waals surface area (Å²) in [6.07, 6.45) is 1.31. The van der Waals surface area contributed by atoms with Gasteiger partial charge in [-0.2, -0.15) is 8.62 Å². The van der Waals surface area contributed by atoms with Crippen LogP contribution in [0.1, 0.15) is 6.23 Å². The zero-order chi connectivity index (χ0) is 25.7. The number of imidazole rings is 1. The first-order valence-electron chi connectivity index (χ1n) is 8.52. The Kier molecular flexibility index (Phi) is 7.26. The van der Waals surface area contributed by atoms with E-state index >= 15 is 0 Å². The van der Waals surface area contributed by atoms with Crippen molar-refractivity contribution >= 4 is 52.8 Å². The van der Waals surface area contributed by atoms with E-state index in [0.717, 1.165) is 10.9 Å². The number of nitrogens with one attached hydrogen (secondary N) is 1. The van der Waals surface area contributed by atoms with Crippen LogP contribution in [0, 0.1) is 17.0 Å². The van der Waals surface area contributed by atoms with Crippen molar-refractivity contribution in [1.29, 1.82) is 0 Å². The highest BCUT2D eigenvalue weighted by Crippen LogP contribution is 2.66. The average molecular weight is 563 g/mol. The van der Waals surface area contributed by atoms with Gasteiger partial charge < -0.3 is 45.2 Å². The molecule has 188 valence electrons. The van der Waals surface area contributed by atoms with E-state index in [-0.39, 0.29) is 21.8 Å². The maximum atomic E-state index is 11.9. The van der Waals surface area contributed by atoms with Crippen molar-refractivity contribution in [2.24, 2.45) is 0 Å². The molecule has 1 aliphatic rings. The summed E-state index contributed by atoms with van der Waals surface area (Å²) in [5.41, 5.74) is 3.39. The number of H-pyrrole nitrogens is 1. The number of phosphoric ester groups is 1. The van der Waals surface area contributed by atoms with Crippen LogP contribution in [0.25, 0.3) is 11.2 Å². The number of terminal acetylenes is 1. The van der Waals surface area contributed by atoms with Crippen LogP contribution in [-0.2, 0) is 31.6 Å². The van der Waals surface area contributed by atoms with Gasteiger partial charge in [0.15, 0.2) is 22.4 Å². The summed E-state index contributed by atoms with van der Waals surface area (Å²) in [7, 11) is -16.9. The van der Waals surface area contributed by atoms with Gasteiger partial charge in [-0.05, 0) is 0 Å². The molecule has 34 heavy (non-hydrogen) atoms. The highest BCUT2D eigenvalue weighted by atomic mass is 32.1. The quantitative estimate of drug-likeness (QED) is 0.109. The zero-order valence-corrected chi connectivity index (χ0v) is 19.8. The molecule has 3 rings (SSSR count). The lowest BCUT2D eigenvalue weighted by atomic mass is 9.95. The van der Waals surface area contributed by atoms with Crippen LogP contribution < -0.4 is 5.73 Å². The largest absolute Gasteiger partial charge is 0.490 e. The highest BCUT2D eigenvalue weighted by Gasteiger charge is 2.56. The number of fused-ring (bicyclic) bond motifs is 1. The van der Waals surface area contributed by atoms with Crippen LogP contribution in [0.2, 0.25) is 0 Å². The van der Waals surface area contributed by atoms with E-state index in [1.807, 2.05) is 5.92 Å². The second-order valence-corrected chi connectivity index (χ2v) is 11.4. The molecular weight excluding hydrogens is 547 g/mol. The third-order valence-corrected chi connectivity index (χ3v) is 8.34. The van der Waals surface area contributed by atoms with Crippen LogP contribution in [0.5, 0.6) is 0 Å². The molecule has 1 saturated heterocycles. The molecule has 9 N–H and O–H groups in total. The van der Waals surface area contributed by atoms with Crippen molar-refractivity contribution in [1.82, 2.24) is 19.5 Å². The third-order valence-electron chi connectivity index (χ3n) is 4.25. The lowest BCUT2D eigenvalue weighted by Crippen LogP contribution is -2.45. The Bertz CT molecular complexity index is 1350. The highest BCUT2D eigenvalue weighted by molar-refractivity contribution is 7.71. The molecule has 0 radical (unpaired) electrons. The lowest BCUT2D eigenvalue weighted by molar-refractivity contribution is -0.0717. The molecule has 0 aliphatic carbocycles. The van der Waals surface area contributed by atoms with Gasteiger partial charge in [-0.3, -0.25) is 9.09 Å². The summed E-state index contributed by atoms with van der Waals surface area (Å²) in [6, 6.07) is 0. The van der Waals surface area contributed by atoms with Crippen molar-refractivity contribution in [3.63, 3.8) is 0 Å². The molecule has 2 aromatic rings. The summed E-state index contributed by atoms with van der Waals surface area (Å²) < 4.78 is 52.2. The molecule has 3 unspecified atom stereocenters. The molecule has 22 heteroatoms. The first kappa shape index (κ1) is 27.0. The molecule has 3 heterocycles. The number of nitrogens with two attached hydrogens (primary N) is 1. The number of nitrogen functional groups attached to an aromatic ring is 1. The molecule has 0 saturated carbocycles. The number of rotatable bonds is 8. The molecule has 6 atom stereocenters. The van der Waals surface area contributed by atoms with Gasteiger partial charge in [0.25, 0.3) is 0 Å². The predicted octanol–water partition coefficient (Wildman–Crippen LogP) is -0.963. The fourth-order valence-electron chi connectivity index (χ4n) is 2.94. The van der Waals surface area contributed by atoms with E-state index < -0.39 is 54.1 Å². The number of nitrogens with zero attached hydrogens (tertiary/aromatic N) is 3. The number of ether oxygens (including phenoxy) is 1. The van der Waals surface area contributed by atoms with E-state index in [0.29, 0.717) is 0 Å². The van der Waals surface area contributed by atoms with E-state index in [1.165, 1.54) is 0 Å². The summed E-state index contributed by atoms with van der Waals surface area (Å²) in [4.78, 5) is 46.3. The van der Waals surface area contributed by atoms with Gasteiger partial charge in [0.1, 0.15) is 23.4 Å². The Balaban J connectivity index is 1.83. The van der Waals surface area contributed by atoms with Crippen molar-refractivity contribution in [3.05, 3.63) is 11.0 Å².